The highest BCUT2D eigenvalue weighted by atomic mass is 79.9. The van der Waals surface area contributed by atoms with Gasteiger partial charge in [0.1, 0.15) is 11.9 Å². The molecule has 1 aromatic rings. The van der Waals surface area contributed by atoms with E-state index in [0.717, 1.165) is 30.4 Å². The van der Waals surface area contributed by atoms with Crippen LogP contribution in [0.25, 0.3) is 0 Å². The molecule has 0 N–H and O–H groups in total. The predicted molar refractivity (Wildman–Crippen MR) is 72.2 cm³/mol. The Morgan fingerprint density at radius 2 is 2.32 bits per heavy atom. The van der Waals surface area contributed by atoms with Crippen molar-refractivity contribution >= 4 is 21.8 Å². The fraction of sp³-hybridized carbons (Fsp3) is 0.500. The molecule has 3 rings (SSSR count). The van der Waals surface area contributed by atoms with Gasteiger partial charge in [-0.05, 0) is 52.4 Å². The molecule has 1 amide bonds. The van der Waals surface area contributed by atoms with E-state index < -0.39 is 0 Å². The van der Waals surface area contributed by atoms with Crippen molar-refractivity contribution in [3.05, 3.63) is 33.5 Å². The number of ether oxygens (including phenoxy) is 1. The van der Waals surface area contributed by atoms with Crippen LogP contribution in [0.5, 0.6) is 0 Å². The maximum absolute atomic E-state index is 13.6. The quantitative estimate of drug-likeness (QED) is 0.793. The second-order valence-electron chi connectivity index (χ2n) is 5.01. The number of rotatable bonds is 1. The van der Waals surface area contributed by atoms with Gasteiger partial charge in [0.05, 0.1) is 4.47 Å². The molecule has 102 valence electrons. The van der Waals surface area contributed by atoms with Crippen LogP contribution in [0.3, 0.4) is 0 Å². The Labute approximate surface area is 119 Å². The third kappa shape index (κ3) is 2.41. The highest BCUT2D eigenvalue weighted by Gasteiger charge is 2.31. The van der Waals surface area contributed by atoms with E-state index in [1.54, 1.807) is 4.90 Å². The summed E-state index contributed by atoms with van der Waals surface area (Å²) in [5.74, 6) is -0.232. The van der Waals surface area contributed by atoms with Gasteiger partial charge in [-0.15, -0.1) is 0 Å². The van der Waals surface area contributed by atoms with E-state index in [1.807, 2.05) is 6.07 Å². The molecule has 0 aliphatic carbocycles. The van der Waals surface area contributed by atoms with E-state index in [4.69, 9.17) is 4.74 Å². The molecule has 3 nitrogen and oxygen atoms in total. The Balaban J connectivity index is 1.81. The SMILES string of the molecule is O=C([C@@H]1CCCO1)N1CCc2ccc(F)c(Br)c2C1. The maximum Gasteiger partial charge on any atom is 0.252 e. The molecule has 1 saturated heterocycles. The Kier molecular flexibility index (Phi) is 3.58. The molecule has 5 heteroatoms. The van der Waals surface area contributed by atoms with E-state index in [9.17, 15) is 9.18 Å². The summed E-state index contributed by atoms with van der Waals surface area (Å²) < 4.78 is 19.5. The van der Waals surface area contributed by atoms with Crippen LogP contribution in [0.4, 0.5) is 4.39 Å². The van der Waals surface area contributed by atoms with Gasteiger partial charge in [-0.3, -0.25) is 4.79 Å². The number of nitrogens with zero attached hydrogens (tertiary/aromatic N) is 1. The van der Waals surface area contributed by atoms with Crippen LogP contribution in [0, 0.1) is 5.82 Å². The zero-order chi connectivity index (χ0) is 13.4. The van der Waals surface area contributed by atoms with Gasteiger partial charge in [0.2, 0.25) is 0 Å². The van der Waals surface area contributed by atoms with Crippen molar-refractivity contribution in [2.45, 2.75) is 31.9 Å². The fourth-order valence-electron chi connectivity index (χ4n) is 2.73. The van der Waals surface area contributed by atoms with Crippen LogP contribution < -0.4 is 0 Å². The summed E-state index contributed by atoms with van der Waals surface area (Å²) in [4.78, 5) is 14.1. The Hall–Kier alpha value is -0.940. The Bertz CT molecular complexity index is 514. The van der Waals surface area contributed by atoms with Gasteiger partial charge in [-0.1, -0.05) is 6.07 Å². The van der Waals surface area contributed by atoms with Gasteiger partial charge in [0.25, 0.3) is 5.91 Å². The van der Waals surface area contributed by atoms with Crippen molar-refractivity contribution in [1.82, 2.24) is 4.90 Å². The number of carbonyl (C=O) groups excluding carboxylic acids is 1. The number of halogens is 2. The lowest BCUT2D eigenvalue weighted by Gasteiger charge is -2.31. The highest BCUT2D eigenvalue weighted by molar-refractivity contribution is 9.10. The van der Waals surface area contributed by atoms with Gasteiger partial charge < -0.3 is 9.64 Å². The molecule has 2 aliphatic heterocycles. The van der Waals surface area contributed by atoms with Crippen molar-refractivity contribution in [3.63, 3.8) is 0 Å². The summed E-state index contributed by atoms with van der Waals surface area (Å²) in [5.41, 5.74) is 2.00. The van der Waals surface area contributed by atoms with Crippen molar-refractivity contribution in [2.75, 3.05) is 13.2 Å². The lowest BCUT2D eigenvalue weighted by Crippen LogP contribution is -2.42. The van der Waals surface area contributed by atoms with E-state index >= 15 is 0 Å². The van der Waals surface area contributed by atoms with Crippen LogP contribution in [-0.2, 0) is 22.5 Å². The average Bonchev–Trinajstić information content (AvgIpc) is 2.96. The van der Waals surface area contributed by atoms with E-state index in [2.05, 4.69) is 15.9 Å². The first-order valence-electron chi connectivity index (χ1n) is 6.53. The molecule has 0 radical (unpaired) electrons. The number of carbonyl (C=O) groups is 1. The van der Waals surface area contributed by atoms with Crippen molar-refractivity contribution in [3.8, 4) is 0 Å². The Morgan fingerprint density at radius 3 is 3.05 bits per heavy atom. The van der Waals surface area contributed by atoms with Gasteiger partial charge in [-0.2, -0.15) is 0 Å². The second-order valence-corrected chi connectivity index (χ2v) is 5.80. The standard InChI is InChI=1S/C14H15BrFNO2/c15-13-10-8-17(14(18)12-2-1-7-19-12)6-5-9(10)3-4-11(13)16/h3-4,12H,1-2,5-8H2/t12-/m0/s1. The zero-order valence-corrected chi connectivity index (χ0v) is 12.1. The zero-order valence-electron chi connectivity index (χ0n) is 10.5. The lowest BCUT2D eigenvalue weighted by molar-refractivity contribution is -0.141. The van der Waals surface area contributed by atoms with Crippen molar-refractivity contribution in [2.24, 2.45) is 0 Å². The normalized spacial score (nSPS) is 22.4. The van der Waals surface area contributed by atoms with Crippen LogP contribution in [0.1, 0.15) is 24.0 Å². The first-order valence-corrected chi connectivity index (χ1v) is 7.32. The number of hydrogen-bond acceptors (Lipinski definition) is 2. The summed E-state index contributed by atoms with van der Waals surface area (Å²) >= 11 is 3.28. The molecule has 1 atom stereocenters. The third-order valence-corrected chi connectivity index (χ3v) is 4.67. The molecule has 0 aromatic heterocycles. The summed E-state index contributed by atoms with van der Waals surface area (Å²) in [5, 5.41) is 0. The van der Waals surface area contributed by atoms with Gasteiger partial charge in [-0.25, -0.2) is 4.39 Å². The minimum absolute atomic E-state index is 0.0410. The molecule has 2 heterocycles. The molecule has 0 spiro atoms. The van der Waals surface area contributed by atoms with E-state index in [0.29, 0.717) is 24.2 Å². The molecule has 2 aliphatic rings. The first kappa shape index (κ1) is 13.1. The fourth-order valence-corrected chi connectivity index (χ4v) is 3.24. The predicted octanol–water partition coefficient (Wildman–Crippen LogP) is 2.65. The van der Waals surface area contributed by atoms with Crippen molar-refractivity contribution in [1.29, 1.82) is 0 Å². The lowest BCUT2D eigenvalue weighted by atomic mass is 9.99. The number of fused-ring (bicyclic) bond motifs is 1. The molecule has 19 heavy (non-hydrogen) atoms. The molecular weight excluding hydrogens is 313 g/mol. The second kappa shape index (κ2) is 5.21. The van der Waals surface area contributed by atoms with Crippen LogP contribution in [-0.4, -0.2) is 30.1 Å². The summed E-state index contributed by atoms with van der Waals surface area (Å²) in [6.07, 6.45) is 2.21. The number of amides is 1. The minimum atomic E-state index is -0.297. The highest BCUT2D eigenvalue weighted by Crippen LogP contribution is 2.30. The van der Waals surface area contributed by atoms with Crippen LogP contribution in [0.15, 0.2) is 16.6 Å². The average molecular weight is 328 g/mol. The third-order valence-electron chi connectivity index (χ3n) is 3.81. The first-order chi connectivity index (χ1) is 9.16. The maximum atomic E-state index is 13.6. The Morgan fingerprint density at radius 1 is 1.47 bits per heavy atom. The van der Waals surface area contributed by atoms with Gasteiger partial charge >= 0.3 is 0 Å². The number of benzene rings is 1. The monoisotopic (exact) mass is 327 g/mol. The van der Waals surface area contributed by atoms with Crippen LogP contribution in [0.2, 0.25) is 0 Å². The number of hydrogen-bond donors (Lipinski definition) is 0. The molecule has 0 bridgehead atoms. The summed E-state index contributed by atoms with van der Waals surface area (Å²) in [7, 11) is 0. The van der Waals surface area contributed by atoms with E-state index in [1.165, 1.54) is 6.07 Å². The minimum Gasteiger partial charge on any atom is -0.368 e. The van der Waals surface area contributed by atoms with E-state index in [-0.39, 0.29) is 17.8 Å². The van der Waals surface area contributed by atoms with Crippen molar-refractivity contribution < 1.29 is 13.9 Å². The summed E-state index contributed by atoms with van der Waals surface area (Å²) in [6, 6.07) is 3.28. The molecule has 0 saturated carbocycles. The van der Waals surface area contributed by atoms with Gasteiger partial charge in [0.15, 0.2) is 0 Å². The molecule has 1 aromatic carbocycles. The molecular formula is C14H15BrFNO2. The molecule has 1 fully saturated rings. The summed E-state index contributed by atoms with van der Waals surface area (Å²) in [6.45, 7) is 1.81. The molecule has 0 unspecified atom stereocenters. The topological polar surface area (TPSA) is 29.5 Å². The van der Waals surface area contributed by atoms with Crippen LogP contribution >= 0.6 is 15.9 Å². The largest absolute Gasteiger partial charge is 0.368 e. The van der Waals surface area contributed by atoms with Gasteiger partial charge in [0, 0.05) is 19.7 Å². The smallest absolute Gasteiger partial charge is 0.252 e.